The Kier molecular flexibility index (Phi) is 7.64. The van der Waals surface area contributed by atoms with Crippen LogP contribution in [0.15, 0.2) is 72.0 Å². The number of phenolic OH excluding ortho intramolecular Hbond substituents is 1. The van der Waals surface area contributed by atoms with Crippen molar-refractivity contribution in [2.45, 2.75) is 27.7 Å². The van der Waals surface area contributed by atoms with E-state index in [1.807, 2.05) is 64.1 Å². The summed E-state index contributed by atoms with van der Waals surface area (Å²) in [6.45, 7) is 8.01. The van der Waals surface area contributed by atoms with E-state index in [0.29, 0.717) is 5.75 Å². The Labute approximate surface area is 166 Å². The molecule has 0 radical (unpaired) electrons. The number of ketones is 1. The molecule has 0 aliphatic rings. The average Bonchev–Trinajstić information content (AvgIpc) is 2.65. The quantitative estimate of drug-likeness (QED) is 0.267. The minimum Gasteiger partial charge on any atom is -0.507 e. The molecule has 0 atom stereocenters. The SMILES string of the molecule is CC(C)=CCOc1cc(OC=C(C)C)cc(O)c1C(=O)/C=C/c1ccccc1. The van der Waals surface area contributed by atoms with Gasteiger partial charge < -0.3 is 14.6 Å². The first-order valence-corrected chi connectivity index (χ1v) is 9.07. The van der Waals surface area contributed by atoms with Gasteiger partial charge in [0.05, 0.1) is 6.26 Å². The molecule has 4 heteroatoms. The molecule has 0 bridgehead atoms. The lowest BCUT2D eigenvalue weighted by Crippen LogP contribution is -2.04. The fraction of sp³-hybridized carbons (Fsp3) is 0.208. The second-order valence-corrected chi connectivity index (χ2v) is 6.83. The molecule has 4 nitrogen and oxygen atoms in total. The van der Waals surface area contributed by atoms with E-state index in [0.717, 1.165) is 16.7 Å². The zero-order valence-corrected chi connectivity index (χ0v) is 16.7. The van der Waals surface area contributed by atoms with E-state index < -0.39 is 0 Å². The number of allylic oxidation sites excluding steroid dienone is 3. The zero-order valence-electron chi connectivity index (χ0n) is 16.7. The normalized spacial score (nSPS) is 10.4. The van der Waals surface area contributed by atoms with Gasteiger partial charge in [-0.05, 0) is 51.0 Å². The van der Waals surface area contributed by atoms with E-state index in [1.165, 1.54) is 12.1 Å². The average molecular weight is 378 g/mol. The van der Waals surface area contributed by atoms with Crippen molar-refractivity contribution in [1.29, 1.82) is 0 Å². The van der Waals surface area contributed by atoms with Crippen LogP contribution in [0.3, 0.4) is 0 Å². The van der Waals surface area contributed by atoms with E-state index in [4.69, 9.17) is 9.47 Å². The van der Waals surface area contributed by atoms with Crippen molar-refractivity contribution in [2.75, 3.05) is 6.61 Å². The first-order chi connectivity index (χ1) is 13.4. The van der Waals surface area contributed by atoms with Gasteiger partial charge in [0.15, 0.2) is 5.78 Å². The molecule has 0 heterocycles. The molecule has 146 valence electrons. The van der Waals surface area contributed by atoms with Gasteiger partial charge in [0.2, 0.25) is 0 Å². The van der Waals surface area contributed by atoms with Crippen LogP contribution in [0.25, 0.3) is 6.08 Å². The lowest BCUT2D eigenvalue weighted by atomic mass is 10.1. The third kappa shape index (κ3) is 6.47. The molecule has 28 heavy (non-hydrogen) atoms. The molecule has 0 fully saturated rings. The minimum absolute atomic E-state index is 0.110. The maximum absolute atomic E-state index is 12.7. The highest BCUT2D eigenvalue weighted by molar-refractivity contribution is 6.10. The predicted molar refractivity (Wildman–Crippen MR) is 113 cm³/mol. The molecule has 1 N–H and O–H groups in total. The van der Waals surface area contributed by atoms with Crippen molar-refractivity contribution in [3.8, 4) is 17.2 Å². The first-order valence-electron chi connectivity index (χ1n) is 9.07. The number of phenols is 1. The van der Waals surface area contributed by atoms with Crippen LogP contribution in [0.5, 0.6) is 17.2 Å². The van der Waals surface area contributed by atoms with Crippen molar-refractivity contribution in [3.05, 3.63) is 83.2 Å². The highest BCUT2D eigenvalue weighted by Gasteiger charge is 2.18. The smallest absolute Gasteiger partial charge is 0.193 e. The molecule has 0 aromatic heterocycles. The van der Waals surface area contributed by atoms with Crippen LogP contribution in [-0.2, 0) is 0 Å². The van der Waals surface area contributed by atoms with E-state index in [1.54, 1.807) is 18.4 Å². The topological polar surface area (TPSA) is 55.8 Å². The number of hydrogen-bond acceptors (Lipinski definition) is 4. The number of carbonyl (C=O) groups is 1. The summed E-state index contributed by atoms with van der Waals surface area (Å²) < 4.78 is 11.3. The summed E-state index contributed by atoms with van der Waals surface area (Å²) in [6.07, 6.45) is 6.60. The van der Waals surface area contributed by atoms with Gasteiger partial charge in [0, 0.05) is 12.1 Å². The monoisotopic (exact) mass is 378 g/mol. The molecule has 0 amide bonds. The van der Waals surface area contributed by atoms with Crippen LogP contribution >= 0.6 is 0 Å². The maximum Gasteiger partial charge on any atom is 0.193 e. The standard InChI is InChI=1S/C24H26O4/c1-17(2)12-13-27-23-15-20(28-16-18(3)4)14-22(26)24(23)21(25)11-10-19-8-6-5-7-9-19/h5-12,14-16,26H,13H2,1-4H3/b11-10+. The molecule has 0 aliphatic carbocycles. The summed E-state index contributed by atoms with van der Waals surface area (Å²) in [5.74, 6) is 0.142. The lowest BCUT2D eigenvalue weighted by Gasteiger charge is -2.12. The van der Waals surface area contributed by atoms with Gasteiger partial charge in [-0.25, -0.2) is 0 Å². The third-order valence-electron chi connectivity index (χ3n) is 3.69. The van der Waals surface area contributed by atoms with Crippen molar-refractivity contribution in [1.82, 2.24) is 0 Å². The number of hydrogen-bond donors (Lipinski definition) is 1. The van der Waals surface area contributed by atoms with Gasteiger partial charge in [-0.15, -0.1) is 0 Å². The largest absolute Gasteiger partial charge is 0.507 e. The minimum atomic E-state index is -0.345. The van der Waals surface area contributed by atoms with Gasteiger partial charge in [-0.1, -0.05) is 42.0 Å². The summed E-state index contributed by atoms with van der Waals surface area (Å²) in [7, 11) is 0. The molecule has 2 aromatic rings. The van der Waals surface area contributed by atoms with Crippen LogP contribution in [0.1, 0.15) is 43.6 Å². The Morgan fingerprint density at radius 3 is 2.39 bits per heavy atom. The van der Waals surface area contributed by atoms with Gasteiger partial charge in [-0.2, -0.15) is 0 Å². The van der Waals surface area contributed by atoms with Gasteiger partial charge in [0.1, 0.15) is 29.4 Å². The van der Waals surface area contributed by atoms with E-state index in [9.17, 15) is 9.90 Å². The van der Waals surface area contributed by atoms with E-state index >= 15 is 0 Å². The second-order valence-electron chi connectivity index (χ2n) is 6.83. The Hall–Kier alpha value is -3.27. The Morgan fingerprint density at radius 1 is 1.04 bits per heavy atom. The summed E-state index contributed by atoms with van der Waals surface area (Å²) in [5, 5.41) is 10.5. The van der Waals surface area contributed by atoms with E-state index in [2.05, 4.69) is 0 Å². The Morgan fingerprint density at radius 2 is 1.75 bits per heavy atom. The molecule has 2 aromatic carbocycles. The summed E-state index contributed by atoms with van der Waals surface area (Å²) in [6, 6.07) is 12.5. The molecule has 2 rings (SSSR count). The van der Waals surface area contributed by atoms with Crippen LogP contribution < -0.4 is 9.47 Å². The second kappa shape index (κ2) is 10.2. The highest BCUT2D eigenvalue weighted by Crippen LogP contribution is 2.34. The van der Waals surface area contributed by atoms with Gasteiger partial charge in [-0.3, -0.25) is 4.79 Å². The van der Waals surface area contributed by atoms with Crippen molar-refractivity contribution >= 4 is 11.9 Å². The summed E-state index contributed by atoms with van der Waals surface area (Å²) >= 11 is 0. The number of carbonyl (C=O) groups excluding carboxylic acids is 1. The predicted octanol–water partition coefficient (Wildman–Crippen LogP) is 5.94. The highest BCUT2D eigenvalue weighted by atomic mass is 16.5. The fourth-order valence-corrected chi connectivity index (χ4v) is 2.31. The van der Waals surface area contributed by atoms with Gasteiger partial charge >= 0.3 is 0 Å². The van der Waals surface area contributed by atoms with Crippen LogP contribution in [0.2, 0.25) is 0 Å². The van der Waals surface area contributed by atoms with Crippen molar-refractivity contribution in [3.63, 3.8) is 0 Å². The molecule has 0 spiro atoms. The fourth-order valence-electron chi connectivity index (χ4n) is 2.31. The van der Waals surface area contributed by atoms with Crippen LogP contribution in [-0.4, -0.2) is 17.5 Å². The third-order valence-corrected chi connectivity index (χ3v) is 3.69. The van der Waals surface area contributed by atoms with E-state index in [-0.39, 0.29) is 29.5 Å². The molecule has 0 saturated carbocycles. The first kappa shape index (κ1) is 21.0. The van der Waals surface area contributed by atoms with Crippen LogP contribution in [0, 0.1) is 0 Å². The molecule has 0 aliphatic heterocycles. The van der Waals surface area contributed by atoms with Crippen molar-refractivity contribution in [2.24, 2.45) is 0 Å². The summed E-state index contributed by atoms with van der Waals surface area (Å²) in [4.78, 5) is 12.7. The molecule has 0 unspecified atom stereocenters. The molecular formula is C24H26O4. The van der Waals surface area contributed by atoms with Gasteiger partial charge in [0.25, 0.3) is 0 Å². The zero-order chi connectivity index (χ0) is 20.5. The maximum atomic E-state index is 12.7. The molecular weight excluding hydrogens is 352 g/mol. The van der Waals surface area contributed by atoms with Crippen molar-refractivity contribution < 1.29 is 19.4 Å². The van der Waals surface area contributed by atoms with Crippen LogP contribution in [0.4, 0.5) is 0 Å². The molecule has 0 saturated heterocycles. The lowest BCUT2D eigenvalue weighted by molar-refractivity contribution is 0.104. The Balaban J connectivity index is 2.36. The number of benzene rings is 2. The number of ether oxygens (including phenoxy) is 2. The Bertz CT molecular complexity index is 898. The number of rotatable bonds is 8. The summed E-state index contributed by atoms with van der Waals surface area (Å²) in [5.41, 5.74) is 3.07. The number of aromatic hydroxyl groups is 1.